The van der Waals surface area contributed by atoms with E-state index >= 15 is 0 Å². The summed E-state index contributed by atoms with van der Waals surface area (Å²) in [7, 11) is 0. The van der Waals surface area contributed by atoms with Crippen LogP contribution in [0.25, 0.3) is 0 Å². The van der Waals surface area contributed by atoms with E-state index in [1.165, 1.54) is 12.1 Å². The standard InChI is InChI=1S/C15H12ClN3O2/c16-14-7-12(5-4-10(14)8-17)19-15(20)9-21-13-3-1-2-11(18)6-13/h1-7H,9,18H2,(H,19,20). The average Bonchev–Trinajstić information content (AvgIpc) is 2.45. The van der Waals surface area contributed by atoms with E-state index in [2.05, 4.69) is 5.32 Å². The van der Waals surface area contributed by atoms with Crippen molar-refractivity contribution in [3.8, 4) is 11.8 Å². The topological polar surface area (TPSA) is 88.1 Å². The Morgan fingerprint density at radius 2 is 2.14 bits per heavy atom. The maximum atomic E-state index is 11.8. The van der Waals surface area contributed by atoms with Gasteiger partial charge in [0.05, 0.1) is 10.6 Å². The molecule has 2 rings (SSSR count). The van der Waals surface area contributed by atoms with E-state index in [0.717, 1.165) is 0 Å². The number of nitrogens with two attached hydrogens (primary N) is 1. The molecule has 0 saturated carbocycles. The number of rotatable bonds is 4. The van der Waals surface area contributed by atoms with Crippen molar-refractivity contribution in [2.24, 2.45) is 0 Å². The van der Waals surface area contributed by atoms with Gasteiger partial charge >= 0.3 is 0 Å². The molecule has 0 fully saturated rings. The largest absolute Gasteiger partial charge is 0.484 e. The van der Waals surface area contributed by atoms with Crippen molar-refractivity contribution in [2.45, 2.75) is 0 Å². The second kappa shape index (κ2) is 6.64. The van der Waals surface area contributed by atoms with E-state index in [1.54, 1.807) is 30.3 Å². The van der Waals surface area contributed by atoms with Crippen molar-refractivity contribution in [1.29, 1.82) is 5.26 Å². The van der Waals surface area contributed by atoms with Crippen molar-refractivity contribution in [3.05, 3.63) is 53.1 Å². The van der Waals surface area contributed by atoms with Crippen LogP contribution < -0.4 is 15.8 Å². The number of hydrogen-bond donors (Lipinski definition) is 2. The van der Waals surface area contributed by atoms with Crippen LogP contribution in [-0.2, 0) is 4.79 Å². The molecule has 0 heterocycles. The highest BCUT2D eigenvalue weighted by molar-refractivity contribution is 6.32. The highest BCUT2D eigenvalue weighted by Crippen LogP contribution is 2.20. The third kappa shape index (κ3) is 4.13. The SMILES string of the molecule is N#Cc1ccc(NC(=O)COc2cccc(N)c2)cc1Cl. The molecule has 0 aliphatic heterocycles. The number of amides is 1. The molecule has 0 unspecified atom stereocenters. The molecule has 1 amide bonds. The van der Waals surface area contributed by atoms with Gasteiger partial charge < -0.3 is 15.8 Å². The van der Waals surface area contributed by atoms with Gasteiger partial charge in [0.2, 0.25) is 0 Å². The molecule has 21 heavy (non-hydrogen) atoms. The number of benzene rings is 2. The maximum absolute atomic E-state index is 11.8. The molecule has 0 aliphatic rings. The minimum Gasteiger partial charge on any atom is -0.484 e. The lowest BCUT2D eigenvalue weighted by Crippen LogP contribution is -2.20. The van der Waals surface area contributed by atoms with Crippen LogP contribution in [0.4, 0.5) is 11.4 Å². The Labute approximate surface area is 126 Å². The van der Waals surface area contributed by atoms with Crippen LogP contribution in [0.1, 0.15) is 5.56 Å². The van der Waals surface area contributed by atoms with E-state index in [1.807, 2.05) is 6.07 Å². The smallest absolute Gasteiger partial charge is 0.262 e. The number of carbonyl (C=O) groups is 1. The minimum atomic E-state index is -0.335. The van der Waals surface area contributed by atoms with Gasteiger partial charge in [-0.2, -0.15) is 5.26 Å². The molecule has 0 saturated heterocycles. The minimum absolute atomic E-state index is 0.152. The molecule has 0 radical (unpaired) electrons. The molecular weight excluding hydrogens is 290 g/mol. The number of carbonyl (C=O) groups excluding carboxylic acids is 1. The molecule has 106 valence electrons. The van der Waals surface area contributed by atoms with Crippen LogP contribution >= 0.6 is 11.6 Å². The Morgan fingerprint density at radius 1 is 1.33 bits per heavy atom. The number of hydrogen-bond acceptors (Lipinski definition) is 4. The van der Waals surface area contributed by atoms with Gasteiger partial charge in [0.1, 0.15) is 11.8 Å². The van der Waals surface area contributed by atoms with E-state index in [-0.39, 0.29) is 17.5 Å². The van der Waals surface area contributed by atoms with Crippen molar-refractivity contribution in [1.82, 2.24) is 0 Å². The van der Waals surface area contributed by atoms with Gasteiger partial charge in [0.15, 0.2) is 6.61 Å². The molecule has 6 heteroatoms. The Bertz CT molecular complexity index is 710. The van der Waals surface area contributed by atoms with Crippen molar-refractivity contribution in [2.75, 3.05) is 17.7 Å². The number of nitrogens with one attached hydrogen (secondary N) is 1. The highest BCUT2D eigenvalue weighted by Gasteiger charge is 2.06. The Kier molecular flexibility index (Phi) is 4.64. The number of nitrogens with zero attached hydrogens (tertiary/aromatic N) is 1. The van der Waals surface area contributed by atoms with Gasteiger partial charge in [-0.05, 0) is 30.3 Å². The molecule has 0 bridgehead atoms. The van der Waals surface area contributed by atoms with Gasteiger partial charge in [-0.3, -0.25) is 4.79 Å². The monoisotopic (exact) mass is 301 g/mol. The predicted octanol–water partition coefficient (Wildman–Crippen LogP) is 2.81. The number of anilines is 2. The molecule has 2 aromatic rings. The fraction of sp³-hybridized carbons (Fsp3) is 0.0667. The third-order valence-corrected chi connectivity index (χ3v) is 2.91. The summed E-state index contributed by atoms with van der Waals surface area (Å²) >= 11 is 5.88. The zero-order chi connectivity index (χ0) is 15.2. The number of nitriles is 1. The fourth-order valence-corrected chi connectivity index (χ4v) is 1.86. The Morgan fingerprint density at radius 3 is 2.81 bits per heavy atom. The number of halogens is 1. The summed E-state index contributed by atoms with van der Waals surface area (Å²) < 4.78 is 5.32. The molecule has 0 aromatic heterocycles. The molecule has 0 spiro atoms. The second-order valence-corrected chi connectivity index (χ2v) is 4.62. The third-order valence-electron chi connectivity index (χ3n) is 2.60. The summed E-state index contributed by atoms with van der Waals surface area (Å²) in [6, 6.07) is 13.4. The van der Waals surface area contributed by atoms with E-state index in [4.69, 9.17) is 27.3 Å². The van der Waals surface area contributed by atoms with Crippen LogP contribution in [0.15, 0.2) is 42.5 Å². The van der Waals surface area contributed by atoms with Crippen LogP contribution in [0, 0.1) is 11.3 Å². The summed E-state index contributed by atoms with van der Waals surface area (Å²) in [5.74, 6) is 0.182. The summed E-state index contributed by atoms with van der Waals surface area (Å²) in [4.78, 5) is 11.8. The summed E-state index contributed by atoms with van der Waals surface area (Å²) in [6.45, 7) is -0.152. The van der Waals surface area contributed by atoms with Gasteiger partial charge in [-0.25, -0.2) is 0 Å². The van der Waals surface area contributed by atoms with Crippen LogP contribution in [0.3, 0.4) is 0 Å². The lowest BCUT2D eigenvalue weighted by Gasteiger charge is -2.08. The highest BCUT2D eigenvalue weighted by atomic mass is 35.5. The lowest BCUT2D eigenvalue weighted by atomic mass is 10.2. The second-order valence-electron chi connectivity index (χ2n) is 4.22. The first-order chi connectivity index (χ1) is 10.1. The van der Waals surface area contributed by atoms with Gasteiger partial charge in [-0.15, -0.1) is 0 Å². The normalized spacial score (nSPS) is 9.71. The summed E-state index contributed by atoms with van der Waals surface area (Å²) in [6.07, 6.45) is 0. The average molecular weight is 302 g/mol. The van der Waals surface area contributed by atoms with Gasteiger partial charge in [0.25, 0.3) is 5.91 Å². The molecular formula is C15H12ClN3O2. The first-order valence-corrected chi connectivity index (χ1v) is 6.44. The zero-order valence-corrected chi connectivity index (χ0v) is 11.7. The van der Waals surface area contributed by atoms with Gasteiger partial charge in [-0.1, -0.05) is 17.7 Å². The first kappa shape index (κ1) is 14.7. The first-order valence-electron chi connectivity index (χ1n) is 6.06. The van der Waals surface area contributed by atoms with Crippen molar-refractivity contribution in [3.63, 3.8) is 0 Å². The molecule has 0 atom stereocenters. The van der Waals surface area contributed by atoms with E-state index < -0.39 is 0 Å². The lowest BCUT2D eigenvalue weighted by molar-refractivity contribution is -0.118. The molecule has 5 nitrogen and oxygen atoms in total. The van der Waals surface area contributed by atoms with Gasteiger partial charge in [0, 0.05) is 17.4 Å². The maximum Gasteiger partial charge on any atom is 0.262 e. The van der Waals surface area contributed by atoms with Crippen molar-refractivity contribution < 1.29 is 9.53 Å². The van der Waals surface area contributed by atoms with Crippen molar-refractivity contribution >= 4 is 28.9 Å². The number of ether oxygens (including phenoxy) is 1. The fourth-order valence-electron chi connectivity index (χ4n) is 1.63. The molecule has 2 aromatic carbocycles. The predicted molar refractivity (Wildman–Crippen MR) is 81.1 cm³/mol. The Balaban J connectivity index is 1.93. The van der Waals surface area contributed by atoms with E-state index in [0.29, 0.717) is 22.7 Å². The molecule has 3 N–H and O–H groups in total. The summed E-state index contributed by atoms with van der Waals surface area (Å²) in [5, 5.41) is 11.7. The zero-order valence-electron chi connectivity index (χ0n) is 11.0. The van der Waals surface area contributed by atoms with E-state index in [9.17, 15) is 4.79 Å². The van der Waals surface area contributed by atoms with Crippen LogP contribution in [-0.4, -0.2) is 12.5 Å². The quantitative estimate of drug-likeness (QED) is 0.850. The van der Waals surface area contributed by atoms with Crippen LogP contribution in [0.5, 0.6) is 5.75 Å². The Hall–Kier alpha value is -2.71. The number of nitrogen functional groups attached to an aromatic ring is 1. The molecule has 0 aliphatic carbocycles. The van der Waals surface area contributed by atoms with Crippen LogP contribution in [0.2, 0.25) is 5.02 Å². The summed E-state index contributed by atoms with van der Waals surface area (Å²) in [5.41, 5.74) is 7.03.